The summed E-state index contributed by atoms with van der Waals surface area (Å²) in [5.74, 6) is 1.09. The van der Waals surface area contributed by atoms with Gasteiger partial charge in [0.2, 0.25) is 0 Å². The van der Waals surface area contributed by atoms with Gasteiger partial charge >= 0.3 is 0 Å². The second kappa shape index (κ2) is 6.95. The Balaban J connectivity index is 2.68. The number of benzene rings is 1. The standard InChI is InChI=1S/C15H23NOS/c1-15(2,12-17)13-8-5-6-9-14(13)18-11-7-10-16(3)4/h5-6,8-9,12H,7,10-11H2,1-4H3. The topological polar surface area (TPSA) is 20.3 Å². The van der Waals surface area contributed by atoms with Crippen molar-refractivity contribution in [2.75, 3.05) is 26.4 Å². The summed E-state index contributed by atoms with van der Waals surface area (Å²) >= 11 is 1.85. The molecule has 2 nitrogen and oxygen atoms in total. The number of hydrogen-bond acceptors (Lipinski definition) is 3. The molecule has 0 fully saturated rings. The zero-order valence-electron chi connectivity index (χ0n) is 11.8. The van der Waals surface area contributed by atoms with E-state index < -0.39 is 5.41 Å². The number of hydrogen-bond donors (Lipinski definition) is 0. The van der Waals surface area contributed by atoms with E-state index in [4.69, 9.17) is 0 Å². The molecule has 0 aromatic heterocycles. The molecule has 0 spiro atoms. The SMILES string of the molecule is CN(C)CCCSc1ccccc1C(C)(C)C=O. The van der Waals surface area contributed by atoms with Gasteiger partial charge in [-0.25, -0.2) is 0 Å². The van der Waals surface area contributed by atoms with Crippen LogP contribution in [0.2, 0.25) is 0 Å². The van der Waals surface area contributed by atoms with E-state index >= 15 is 0 Å². The maximum Gasteiger partial charge on any atom is 0.130 e. The zero-order valence-corrected chi connectivity index (χ0v) is 12.6. The molecule has 1 aromatic rings. The molecule has 0 N–H and O–H groups in total. The maximum absolute atomic E-state index is 11.2. The number of carbonyl (C=O) groups is 1. The first-order valence-corrected chi connectivity index (χ1v) is 7.29. The van der Waals surface area contributed by atoms with Crippen molar-refractivity contribution in [3.63, 3.8) is 0 Å². The van der Waals surface area contributed by atoms with E-state index in [1.54, 1.807) is 0 Å². The van der Waals surface area contributed by atoms with Crippen LogP contribution in [-0.2, 0) is 10.2 Å². The first-order valence-electron chi connectivity index (χ1n) is 6.31. The lowest BCUT2D eigenvalue weighted by Crippen LogP contribution is -2.19. The van der Waals surface area contributed by atoms with Gasteiger partial charge in [-0.15, -0.1) is 11.8 Å². The second-order valence-corrected chi connectivity index (χ2v) is 6.48. The van der Waals surface area contributed by atoms with Gasteiger partial charge in [0.15, 0.2) is 0 Å². The minimum Gasteiger partial charge on any atom is -0.309 e. The van der Waals surface area contributed by atoms with Gasteiger partial charge < -0.3 is 9.69 Å². The summed E-state index contributed by atoms with van der Waals surface area (Å²) in [5.41, 5.74) is 0.736. The lowest BCUT2D eigenvalue weighted by atomic mass is 9.86. The number of carbonyl (C=O) groups excluding carboxylic acids is 1. The molecule has 1 rings (SSSR count). The first-order chi connectivity index (χ1) is 8.47. The molecule has 0 saturated heterocycles. The molecule has 0 aliphatic rings. The van der Waals surface area contributed by atoms with Gasteiger partial charge in [-0.05, 0) is 58.3 Å². The van der Waals surface area contributed by atoms with Crippen molar-refractivity contribution >= 4 is 18.0 Å². The van der Waals surface area contributed by atoms with E-state index in [1.165, 1.54) is 4.90 Å². The minimum absolute atomic E-state index is 0.398. The van der Waals surface area contributed by atoms with E-state index in [1.807, 2.05) is 37.7 Å². The molecule has 0 amide bonds. The fraction of sp³-hybridized carbons (Fsp3) is 0.533. The highest BCUT2D eigenvalue weighted by molar-refractivity contribution is 7.99. The van der Waals surface area contributed by atoms with Crippen molar-refractivity contribution in [1.82, 2.24) is 4.90 Å². The first kappa shape index (κ1) is 15.3. The molecule has 0 unspecified atom stereocenters. The van der Waals surface area contributed by atoms with E-state index in [2.05, 4.69) is 31.1 Å². The summed E-state index contributed by atoms with van der Waals surface area (Å²) in [6.45, 7) is 5.05. The monoisotopic (exact) mass is 265 g/mol. The smallest absolute Gasteiger partial charge is 0.130 e. The van der Waals surface area contributed by atoms with Crippen molar-refractivity contribution in [2.45, 2.75) is 30.6 Å². The zero-order chi connectivity index (χ0) is 13.6. The van der Waals surface area contributed by atoms with E-state index in [-0.39, 0.29) is 0 Å². The van der Waals surface area contributed by atoms with Crippen molar-refractivity contribution in [1.29, 1.82) is 0 Å². The van der Waals surface area contributed by atoms with E-state index in [9.17, 15) is 4.79 Å². The van der Waals surface area contributed by atoms with Crippen LogP contribution in [0.3, 0.4) is 0 Å². The van der Waals surface area contributed by atoms with Crippen LogP contribution in [0.15, 0.2) is 29.2 Å². The minimum atomic E-state index is -0.398. The number of aldehydes is 1. The number of thioether (sulfide) groups is 1. The van der Waals surface area contributed by atoms with Crippen molar-refractivity contribution in [3.8, 4) is 0 Å². The highest BCUT2D eigenvalue weighted by Crippen LogP contribution is 2.31. The van der Waals surface area contributed by atoms with Gasteiger partial charge in [0.05, 0.1) is 0 Å². The third kappa shape index (κ3) is 4.46. The van der Waals surface area contributed by atoms with Crippen molar-refractivity contribution in [3.05, 3.63) is 29.8 Å². The summed E-state index contributed by atoms with van der Waals surface area (Å²) in [6.07, 6.45) is 2.19. The number of nitrogens with zero attached hydrogens (tertiary/aromatic N) is 1. The molecule has 0 aliphatic carbocycles. The second-order valence-electron chi connectivity index (χ2n) is 5.34. The quantitative estimate of drug-likeness (QED) is 0.429. The average Bonchev–Trinajstić information content (AvgIpc) is 2.35. The summed E-state index contributed by atoms with van der Waals surface area (Å²) in [6, 6.07) is 8.21. The molecule has 0 saturated carbocycles. The Hall–Kier alpha value is -0.800. The van der Waals surface area contributed by atoms with Crippen LogP contribution in [-0.4, -0.2) is 37.6 Å². The fourth-order valence-electron chi connectivity index (χ4n) is 1.75. The normalized spacial score (nSPS) is 11.8. The molecule has 18 heavy (non-hydrogen) atoms. The summed E-state index contributed by atoms with van der Waals surface area (Å²) in [5, 5.41) is 0. The van der Waals surface area contributed by atoms with Crippen molar-refractivity contribution in [2.24, 2.45) is 0 Å². The van der Waals surface area contributed by atoms with Crippen LogP contribution < -0.4 is 0 Å². The Morgan fingerprint density at radius 3 is 2.56 bits per heavy atom. The Kier molecular flexibility index (Phi) is 5.89. The van der Waals surface area contributed by atoms with Crippen LogP contribution in [0.1, 0.15) is 25.8 Å². The van der Waals surface area contributed by atoms with Gasteiger partial charge in [0, 0.05) is 10.3 Å². The molecule has 0 heterocycles. The average molecular weight is 265 g/mol. The van der Waals surface area contributed by atoms with Gasteiger partial charge in [0.1, 0.15) is 6.29 Å². The fourth-order valence-corrected chi connectivity index (χ4v) is 2.91. The van der Waals surface area contributed by atoms with E-state index in [0.29, 0.717) is 0 Å². The maximum atomic E-state index is 11.2. The van der Waals surface area contributed by atoms with Crippen LogP contribution in [0.25, 0.3) is 0 Å². The van der Waals surface area contributed by atoms with Gasteiger partial charge in [-0.3, -0.25) is 0 Å². The predicted octanol–water partition coefficient (Wildman–Crippen LogP) is 3.21. The predicted molar refractivity (Wildman–Crippen MR) is 79.4 cm³/mol. The largest absolute Gasteiger partial charge is 0.309 e. The van der Waals surface area contributed by atoms with Crippen LogP contribution in [0, 0.1) is 0 Å². The molecular formula is C15H23NOS. The molecule has 1 aromatic carbocycles. The van der Waals surface area contributed by atoms with Crippen LogP contribution >= 0.6 is 11.8 Å². The van der Waals surface area contributed by atoms with Gasteiger partial charge in [-0.1, -0.05) is 18.2 Å². The molecule has 0 atom stereocenters. The lowest BCUT2D eigenvalue weighted by Gasteiger charge is -2.21. The van der Waals surface area contributed by atoms with Crippen LogP contribution in [0.5, 0.6) is 0 Å². The third-order valence-corrected chi connectivity index (χ3v) is 4.04. The van der Waals surface area contributed by atoms with Gasteiger partial charge in [0.25, 0.3) is 0 Å². The molecular weight excluding hydrogens is 242 g/mol. The Labute approximate surface area is 115 Å². The highest BCUT2D eigenvalue weighted by Gasteiger charge is 2.22. The van der Waals surface area contributed by atoms with Gasteiger partial charge in [-0.2, -0.15) is 0 Å². The lowest BCUT2D eigenvalue weighted by molar-refractivity contribution is -0.111. The Morgan fingerprint density at radius 1 is 1.28 bits per heavy atom. The highest BCUT2D eigenvalue weighted by atomic mass is 32.2. The molecule has 0 aliphatic heterocycles. The Bertz CT molecular complexity index is 388. The third-order valence-electron chi connectivity index (χ3n) is 2.88. The molecule has 0 radical (unpaired) electrons. The molecule has 0 bridgehead atoms. The molecule has 3 heteroatoms. The Morgan fingerprint density at radius 2 is 1.94 bits per heavy atom. The van der Waals surface area contributed by atoms with Crippen molar-refractivity contribution < 1.29 is 4.79 Å². The van der Waals surface area contributed by atoms with E-state index in [0.717, 1.165) is 30.6 Å². The summed E-state index contributed by atoms with van der Waals surface area (Å²) < 4.78 is 0. The molecule has 100 valence electrons. The van der Waals surface area contributed by atoms with Crippen LogP contribution in [0.4, 0.5) is 0 Å². The number of rotatable bonds is 7. The summed E-state index contributed by atoms with van der Waals surface area (Å²) in [7, 11) is 4.18. The summed E-state index contributed by atoms with van der Waals surface area (Å²) in [4.78, 5) is 14.6.